The summed E-state index contributed by atoms with van der Waals surface area (Å²) in [5.74, 6) is 0.123. The molecule has 0 bridgehead atoms. The molecule has 106 valence electrons. The third-order valence-corrected chi connectivity index (χ3v) is 4.31. The van der Waals surface area contributed by atoms with Crippen molar-refractivity contribution in [1.29, 1.82) is 0 Å². The highest BCUT2D eigenvalue weighted by molar-refractivity contribution is 5.78. The van der Waals surface area contributed by atoms with Crippen LogP contribution in [0.25, 0.3) is 0 Å². The largest absolute Gasteiger partial charge is 0.396 e. The minimum atomic E-state index is 0.0132. The smallest absolute Gasteiger partial charge is 0.225 e. The molecule has 0 saturated carbocycles. The van der Waals surface area contributed by atoms with Gasteiger partial charge in [-0.25, -0.2) is 0 Å². The Hall–Kier alpha value is -0.610. The van der Waals surface area contributed by atoms with Gasteiger partial charge in [0.05, 0.1) is 12.5 Å². The zero-order valence-electron chi connectivity index (χ0n) is 11.7. The van der Waals surface area contributed by atoms with Crippen LogP contribution in [-0.4, -0.2) is 37.4 Å². The van der Waals surface area contributed by atoms with E-state index in [0.29, 0.717) is 13.2 Å². The van der Waals surface area contributed by atoms with Gasteiger partial charge in [0.25, 0.3) is 0 Å². The quantitative estimate of drug-likeness (QED) is 0.730. The number of aliphatic hydroxyl groups is 1. The highest BCUT2D eigenvalue weighted by Crippen LogP contribution is 2.29. The minimum Gasteiger partial charge on any atom is -0.396 e. The number of nitrogens with one attached hydrogen (secondary N) is 1. The van der Waals surface area contributed by atoms with Gasteiger partial charge >= 0.3 is 0 Å². The molecule has 1 rings (SSSR count). The van der Waals surface area contributed by atoms with E-state index in [1.165, 1.54) is 0 Å². The molecule has 0 aliphatic carbocycles. The molecule has 0 aromatic rings. The van der Waals surface area contributed by atoms with Crippen molar-refractivity contribution in [3.8, 4) is 0 Å². The first kappa shape index (κ1) is 15.4. The Bertz CT molecular complexity index is 245. The number of carbonyl (C=O) groups excluding carboxylic acids is 1. The van der Waals surface area contributed by atoms with Crippen molar-refractivity contribution in [2.45, 2.75) is 46.0 Å². The fourth-order valence-electron chi connectivity index (χ4n) is 2.55. The fourth-order valence-corrected chi connectivity index (χ4v) is 2.55. The van der Waals surface area contributed by atoms with E-state index < -0.39 is 0 Å². The summed E-state index contributed by atoms with van der Waals surface area (Å²) in [5, 5.41) is 12.2. The molecule has 4 nitrogen and oxygen atoms in total. The summed E-state index contributed by atoms with van der Waals surface area (Å²) in [7, 11) is 0. The first-order valence-electron chi connectivity index (χ1n) is 7.13. The van der Waals surface area contributed by atoms with Gasteiger partial charge in [-0.2, -0.15) is 0 Å². The van der Waals surface area contributed by atoms with Gasteiger partial charge in [-0.1, -0.05) is 13.8 Å². The molecule has 1 amide bonds. The molecular formula is C14H27NO3. The number of hydrogen-bond donors (Lipinski definition) is 2. The van der Waals surface area contributed by atoms with Crippen LogP contribution >= 0.6 is 0 Å². The maximum atomic E-state index is 12.0. The lowest BCUT2D eigenvalue weighted by Crippen LogP contribution is -2.42. The highest BCUT2D eigenvalue weighted by Gasteiger charge is 2.28. The van der Waals surface area contributed by atoms with Crippen molar-refractivity contribution < 1.29 is 14.6 Å². The van der Waals surface area contributed by atoms with Gasteiger partial charge in [0.2, 0.25) is 5.91 Å². The molecule has 1 atom stereocenters. The van der Waals surface area contributed by atoms with E-state index in [0.717, 1.165) is 38.7 Å². The molecule has 1 aliphatic heterocycles. The Morgan fingerprint density at radius 2 is 2.17 bits per heavy atom. The van der Waals surface area contributed by atoms with Crippen molar-refractivity contribution in [3.63, 3.8) is 0 Å². The molecule has 1 aliphatic rings. The van der Waals surface area contributed by atoms with E-state index in [-0.39, 0.29) is 23.8 Å². The number of aliphatic hydroxyl groups excluding tert-OH is 1. The van der Waals surface area contributed by atoms with Crippen LogP contribution in [0.5, 0.6) is 0 Å². The first-order chi connectivity index (χ1) is 8.67. The van der Waals surface area contributed by atoms with Crippen molar-refractivity contribution in [2.75, 3.05) is 26.4 Å². The standard InChI is InChI=1S/C14H27NO3/c1-3-14(4-2,7-8-16)11-15-13(17)12-6-5-9-18-10-12/h12,16H,3-11H2,1-2H3,(H,15,17)/t12-/m0/s1. The Balaban J connectivity index is 2.43. The fraction of sp³-hybridized carbons (Fsp3) is 0.929. The second-order valence-electron chi connectivity index (χ2n) is 5.31. The topological polar surface area (TPSA) is 58.6 Å². The van der Waals surface area contributed by atoms with Crippen LogP contribution in [-0.2, 0) is 9.53 Å². The average Bonchev–Trinajstić information content (AvgIpc) is 2.44. The van der Waals surface area contributed by atoms with Crippen LogP contribution < -0.4 is 5.32 Å². The lowest BCUT2D eigenvalue weighted by atomic mass is 9.79. The molecule has 0 spiro atoms. The second kappa shape index (κ2) is 7.74. The predicted octanol–water partition coefficient (Wildman–Crippen LogP) is 1.72. The molecule has 1 saturated heterocycles. The maximum absolute atomic E-state index is 12.0. The normalized spacial score (nSPS) is 20.7. The van der Waals surface area contributed by atoms with Gasteiger partial charge < -0.3 is 15.2 Å². The third-order valence-electron chi connectivity index (χ3n) is 4.31. The Morgan fingerprint density at radius 1 is 1.44 bits per heavy atom. The van der Waals surface area contributed by atoms with Crippen LogP contribution in [0.1, 0.15) is 46.0 Å². The number of amides is 1. The lowest BCUT2D eigenvalue weighted by Gasteiger charge is -2.32. The number of ether oxygens (including phenoxy) is 1. The third kappa shape index (κ3) is 4.25. The van der Waals surface area contributed by atoms with Crippen molar-refractivity contribution in [2.24, 2.45) is 11.3 Å². The van der Waals surface area contributed by atoms with E-state index in [4.69, 9.17) is 9.84 Å². The zero-order chi connectivity index (χ0) is 13.4. The van der Waals surface area contributed by atoms with Crippen LogP contribution in [0.15, 0.2) is 0 Å². The van der Waals surface area contributed by atoms with Gasteiger partial charge in [0.1, 0.15) is 0 Å². The van der Waals surface area contributed by atoms with E-state index >= 15 is 0 Å². The van der Waals surface area contributed by atoms with Gasteiger partial charge in [-0.3, -0.25) is 4.79 Å². The molecule has 0 aromatic carbocycles. The van der Waals surface area contributed by atoms with Crippen LogP contribution in [0.2, 0.25) is 0 Å². The number of hydrogen-bond acceptors (Lipinski definition) is 3. The summed E-state index contributed by atoms with van der Waals surface area (Å²) in [6.07, 6.45) is 4.61. The second-order valence-corrected chi connectivity index (χ2v) is 5.31. The van der Waals surface area contributed by atoms with Gasteiger partial charge in [-0.05, 0) is 37.5 Å². The SMILES string of the molecule is CCC(CC)(CCO)CNC(=O)[C@H]1CCCOC1. The lowest BCUT2D eigenvalue weighted by molar-refractivity contribution is -0.129. The maximum Gasteiger partial charge on any atom is 0.225 e. The van der Waals surface area contributed by atoms with Crippen LogP contribution in [0.4, 0.5) is 0 Å². The monoisotopic (exact) mass is 257 g/mol. The van der Waals surface area contributed by atoms with E-state index in [9.17, 15) is 4.79 Å². The number of rotatable bonds is 7. The van der Waals surface area contributed by atoms with E-state index in [2.05, 4.69) is 19.2 Å². The summed E-state index contributed by atoms with van der Waals surface area (Å²) in [4.78, 5) is 12.0. The Morgan fingerprint density at radius 3 is 2.67 bits per heavy atom. The van der Waals surface area contributed by atoms with Crippen molar-refractivity contribution in [3.05, 3.63) is 0 Å². The number of carbonyl (C=O) groups is 1. The zero-order valence-corrected chi connectivity index (χ0v) is 11.7. The molecular weight excluding hydrogens is 230 g/mol. The van der Waals surface area contributed by atoms with Gasteiger partial charge in [0.15, 0.2) is 0 Å². The summed E-state index contributed by atoms with van der Waals surface area (Å²) in [6.45, 7) is 6.42. The molecule has 2 N–H and O–H groups in total. The van der Waals surface area contributed by atoms with Gasteiger partial charge in [0, 0.05) is 19.8 Å². The van der Waals surface area contributed by atoms with Gasteiger partial charge in [-0.15, -0.1) is 0 Å². The summed E-state index contributed by atoms with van der Waals surface area (Å²) in [5.41, 5.74) is 0.0416. The molecule has 0 aromatic heterocycles. The molecule has 18 heavy (non-hydrogen) atoms. The Labute approximate surface area is 110 Å². The minimum absolute atomic E-state index is 0.0132. The summed E-state index contributed by atoms with van der Waals surface area (Å²) < 4.78 is 5.33. The van der Waals surface area contributed by atoms with E-state index in [1.54, 1.807) is 0 Å². The molecule has 1 fully saturated rings. The van der Waals surface area contributed by atoms with Crippen LogP contribution in [0.3, 0.4) is 0 Å². The summed E-state index contributed by atoms with van der Waals surface area (Å²) in [6, 6.07) is 0. The molecule has 0 radical (unpaired) electrons. The first-order valence-corrected chi connectivity index (χ1v) is 7.13. The molecule has 4 heteroatoms. The predicted molar refractivity (Wildman–Crippen MR) is 71.3 cm³/mol. The van der Waals surface area contributed by atoms with E-state index in [1.807, 2.05) is 0 Å². The van der Waals surface area contributed by atoms with Crippen molar-refractivity contribution in [1.82, 2.24) is 5.32 Å². The summed E-state index contributed by atoms with van der Waals surface area (Å²) >= 11 is 0. The molecule has 1 heterocycles. The van der Waals surface area contributed by atoms with Crippen LogP contribution in [0, 0.1) is 11.3 Å². The highest BCUT2D eigenvalue weighted by atomic mass is 16.5. The van der Waals surface area contributed by atoms with Crippen molar-refractivity contribution >= 4 is 5.91 Å². The molecule has 0 unspecified atom stereocenters. The Kier molecular flexibility index (Phi) is 6.65. The average molecular weight is 257 g/mol.